The van der Waals surface area contributed by atoms with Gasteiger partial charge in [-0.15, -0.1) is 0 Å². The molecule has 0 amide bonds. The molecule has 0 aliphatic carbocycles. The number of unbranched alkanes of at least 4 members (excludes halogenated alkanes) is 44. The van der Waals surface area contributed by atoms with Gasteiger partial charge in [-0.05, 0) is 64.2 Å². The second kappa shape index (κ2) is 68.8. The molecule has 0 aliphatic heterocycles. The average molecular weight is 1260 g/mol. The van der Waals surface area contributed by atoms with Crippen LogP contribution in [0.1, 0.15) is 361 Å². The molecule has 88 heavy (non-hydrogen) atoms. The Balaban J connectivity index is 3.97. The summed E-state index contributed by atoms with van der Waals surface area (Å²) in [6.07, 6.45) is 93.2. The Bertz CT molecular complexity index is 1710. The Hall–Kier alpha value is -2.55. The lowest BCUT2D eigenvalue weighted by Crippen LogP contribution is -2.37. The summed E-state index contributed by atoms with van der Waals surface area (Å²) in [7, 11) is 1.48. The zero-order valence-electron chi connectivity index (χ0n) is 58.7. The first-order valence-corrected chi connectivity index (χ1v) is 39.2. The number of esters is 2. The van der Waals surface area contributed by atoms with Crippen LogP contribution in [0.5, 0.6) is 0 Å². The van der Waals surface area contributed by atoms with Gasteiger partial charge in [0.15, 0.2) is 6.10 Å². The number of hydrogen-bond donors (Lipinski definition) is 1. The molecule has 10 heteroatoms. The summed E-state index contributed by atoms with van der Waals surface area (Å²) in [4.78, 5) is 35.9. The molecule has 0 radical (unpaired) electrons. The van der Waals surface area contributed by atoms with Gasteiger partial charge >= 0.3 is 19.8 Å². The number of carbonyl (C=O) groups excluding carboxylic acids is 2. The number of quaternary nitrogens is 1. The second-order valence-corrected chi connectivity index (χ2v) is 28.1. The third-order valence-electron chi connectivity index (χ3n) is 16.8. The molecule has 514 valence electrons. The maximum Gasteiger partial charge on any atom is 0.472 e. The van der Waals surface area contributed by atoms with Crippen molar-refractivity contribution in [2.75, 3.05) is 47.5 Å². The van der Waals surface area contributed by atoms with Crippen molar-refractivity contribution in [1.29, 1.82) is 0 Å². The Labute approximate surface area is 546 Å². The zero-order chi connectivity index (χ0) is 64.1. The van der Waals surface area contributed by atoms with Gasteiger partial charge in [0.25, 0.3) is 0 Å². The minimum atomic E-state index is -4.40. The van der Waals surface area contributed by atoms with Crippen molar-refractivity contribution in [3.63, 3.8) is 0 Å². The smallest absolute Gasteiger partial charge is 0.462 e. The average Bonchev–Trinajstić information content (AvgIpc) is 3.68. The lowest BCUT2D eigenvalue weighted by Gasteiger charge is -2.24. The monoisotopic (exact) mass is 1260 g/mol. The summed E-state index contributed by atoms with van der Waals surface area (Å²) in [5.74, 6) is -0.788. The summed E-state index contributed by atoms with van der Waals surface area (Å²) < 4.78 is 34.8. The van der Waals surface area contributed by atoms with Crippen LogP contribution < -0.4 is 0 Å². The van der Waals surface area contributed by atoms with Crippen molar-refractivity contribution in [2.45, 2.75) is 367 Å². The maximum atomic E-state index is 12.9. The largest absolute Gasteiger partial charge is 0.472 e. The van der Waals surface area contributed by atoms with E-state index >= 15 is 0 Å². The van der Waals surface area contributed by atoms with Crippen LogP contribution >= 0.6 is 7.82 Å². The predicted octanol–water partition coefficient (Wildman–Crippen LogP) is 24.7. The number of rotatable bonds is 70. The number of allylic oxidation sites excluding steroid dienone is 12. The second-order valence-electron chi connectivity index (χ2n) is 26.7. The summed E-state index contributed by atoms with van der Waals surface area (Å²) >= 11 is 0. The van der Waals surface area contributed by atoms with E-state index in [0.717, 1.165) is 83.5 Å². The van der Waals surface area contributed by atoms with Gasteiger partial charge in [-0.1, -0.05) is 356 Å². The highest BCUT2D eigenvalue weighted by Gasteiger charge is 2.27. The molecule has 0 spiro atoms. The zero-order valence-corrected chi connectivity index (χ0v) is 59.6. The van der Waals surface area contributed by atoms with E-state index in [1.165, 1.54) is 244 Å². The van der Waals surface area contributed by atoms with Crippen LogP contribution in [0.15, 0.2) is 72.9 Å². The fourth-order valence-corrected chi connectivity index (χ4v) is 11.8. The number of nitrogens with zero attached hydrogens (tertiary/aromatic N) is 1. The van der Waals surface area contributed by atoms with Crippen LogP contribution in [0.3, 0.4) is 0 Å². The van der Waals surface area contributed by atoms with Crippen molar-refractivity contribution in [2.24, 2.45) is 0 Å². The molecule has 2 atom stereocenters. The molecule has 0 bridgehead atoms. The molecule has 0 fully saturated rings. The Morgan fingerprint density at radius 1 is 0.364 bits per heavy atom. The Morgan fingerprint density at radius 3 is 0.966 bits per heavy atom. The number of phosphoric acid groups is 1. The maximum absolute atomic E-state index is 12.9. The lowest BCUT2D eigenvalue weighted by molar-refractivity contribution is -0.870. The van der Waals surface area contributed by atoms with Crippen molar-refractivity contribution in [3.05, 3.63) is 72.9 Å². The summed E-state index contributed by atoms with van der Waals surface area (Å²) in [5, 5.41) is 0. The van der Waals surface area contributed by atoms with Crippen LogP contribution in [0.2, 0.25) is 0 Å². The highest BCUT2D eigenvalue weighted by atomic mass is 31.2. The molecular formula is C78H145NO8P+. The van der Waals surface area contributed by atoms with E-state index < -0.39 is 26.5 Å². The van der Waals surface area contributed by atoms with E-state index in [0.29, 0.717) is 23.9 Å². The number of likely N-dealkylation sites (N-methyl/N-ethyl adjacent to an activating group) is 1. The number of ether oxygens (including phenoxy) is 2. The molecule has 0 saturated heterocycles. The summed E-state index contributed by atoms with van der Waals surface area (Å²) in [6.45, 7) is 4.37. The summed E-state index contributed by atoms with van der Waals surface area (Å²) in [5.41, 5.74) is 0. The van der Waals surface area contributed by atoms with Gasteiger partial charge in [0.2, 0.25) is 0 Å². The van der Waals surface area contributed by atoms with Crippen molar-refractivity contribution >= 4 is 19.8 Å². The lowest BCUT2D eigenvalue weighted by atomic mass is 10.0. The van der Waals surface area contributed by atoms with Gasteiger partial charge in [0.1, 0.15) is 19.8 Å². The van der Waals surface area contributed by atoms with Gasteiger partial charge in [0.05, 0.1) is 27.7 Å². The van der Waals surface area contributed by atoms with Gasteiger partial charge in [0, 0.05) is 12.8 Å². The Morgan fingerprint density at radius 2 is 0.648 bits per heavy atom. The molecule has 0 aromatic carbocycles. The summed E-state index contributed by atoms with van der Waals surface area (Å²) in [6, 6.07) is 0. The fourth-order valence-electron chi connectivity index (χ4n) is 11.0. The molecule has 0 aromatic rings. The van der Waals surface area contributed by atoms with Gasteiger partial charge in [-0.2, -0.15) is 0 Å². The van der Waals surface area contributed by atoms with E-state index in [9.17, 15) is 19.0 Å². The quantitative estimate of drug-likeness (QED) is 0.0211. The molecule has 0 rings (SSSR count). The molecule has 0 aliphatic rings. The van der Waals surface area contributed by atoms with Gasteiger partial charge in [-0.25, -0.2) is 4.57 Å². The van der Waals surface area contributed by atoms with E-state index in [1.807, 2.05) is 21.1 Å². The van der Waals surface area contributed by atoms with Crippen LogP contribution in [-0.4, -0.2) is 74.9 Å². The molecule has 9 nitrogen and oxygen atoms in total. The number of phosphoric ester groups is 1. The van der Waals surface area contributed by atoms with E-state index in [4.69, 9.17) is 18.5 Å². The van der Waals surface area contributed by atoms with Crippen molar-refractivity contribution in [3.8, 4) is 0 Å². The first-order valence-electron chi connectivity index (χ1n) is 37.7. The highest BCUT2D eigenvalue weighted by molar-refractivity contribution is 7.47. The van der Waals surface area contributed by atoms with Gasteiger partial charge < -0.3 is 18.9 Å². The molecular weight excluding hydrogens is 1110 g/mol. The first kappa shape index (κ1) is 85.5. The SMILES string of the molecule is CC/C=C\C/C=C\C/C=C\C/C=C\C/C=C\C/C=C\CCCCCCCCCCCCC(=O)OC(COC(=O)CCCCCCCCCCCCCCCCCCCCCCCCCCCCCCCCCCCCC)COP(=O)(O)OCC[N+](C)(C)C. The minimum Gasteiger partial charge on any atom is -0.462 e. The predicted molar refractivity (Wildman–Crippen MR) is 381 cm³/mol. The van der Waals surface area contributed by atoms with Crippen LogP contribution in [0.25, 0.3) is 0 Å². The number of hydrogen-bond acceptors (Lipinski definition) is 7. The number of carbonyl (C=O) groups is 2. The Kier molecular flexibility index (Phi) is 66.8. The van der Waals surface area contributed by atoms with Crippen molar-refractivity contribution in [1.82, 2.24) is 0 Å². The minimum absolute atomic E-state index is 0.0300. The van der Waals surface area contributed by atoms with Crippen LogP contribution in [-0.2, 0) is 32.7 Å². The fraction of sp³-hybridized carbons (Fsp3) is 0.821. The topological polar surface area (TPSA) is 108 Å². The molecule has 0 heterocycles. The van der Waals surface area contributed by atoms with Gasteiger partial charge in [-0.3, -0.25) is 18.6 Å². The molecule has 1 N–H and O–H groups in total. The standard InChI is InChI=1S/C78H144NO8P/c1-6-8-10-12-14-16-18-20-22-24-26-28-30-32-34-36-37-38-39-40-41-43-44-46-48-50-52-54-56-58-60-62-64-66-68-70-77(80)84-74-76(75-86-88(82,83)85-73-72-79(3,4)5)87-78(81)71-69-67-65-63-61-59-57-55-53-51-49-47-45-42-35-33-31-29-27-25-23-21-19-17-15-13-11-9-7-2/h9,11,15,17,21,23,27,29,33,35,45,47,76H,6-8,10,12-14,16,18-20,22,24-26,28,30-32,34,36-44,46,48-75H2,1-5H3/p+1/b11-9-,17-15-,23-21-,29-27-,35-33-,47-45-. The normalized spacial score (nSPS) is 13.5. The third kappa shape index (κ3) is 72.5. The van der Waals surface area contributed by atoms with Crippen LogP contribution in [0, 0.1) is 0 Å². The van der Waals surface area contributed by atoms with E-state index in [1.54, 1.807) is 0 Å². The third-order valence-corrected chi connectivity index (χ3v) is 17.7. The molecule has 0 saturated carbocycles. The van der Waals surface area contributed by atoms with E-state index in [-0.39, 0.29) is 25.6 Å². The van der Waals surface area contributed by atoms with Crippen LogP contribution in [0.4, 0.5) is 0 Å². The highest BCUT2D eigenvalue weighted by Crippen LogP contribution is 2.43. The van der Waals surface area contributed by atoms with E-state index in [2.05, 4.69) is 86.8 Å². The van der Waals surface area contributed by atoms with Crippen molar-refractivity contribution < 1.29 is 42.1 Å². The molecule has 0 aromatic heterocycles. The molecule has 2 unspecified atom stereocenters. The first-order chi connectivity index (χ1) is 43.0.